The van der Waals surface area contributed by atoms with Crippen LogP contribution >= 0.6 is 11.6 Å². The Hall–Kier alpha value is -1.26. The van der Waals surface area contributed by atoms with Crippen LogP contribution in [0.2, 0.25) is 5.02 Å². The van der Waals surface area contributed by atoms with Gasteiger partial charge in [-0.25, -0.2) is 0 Å². The van der Waals surface area contributed by atoms with Crippen LogP contribution in [-0.4, -0.2) is 37.6 Å². The topological polar surface area (TPSA) is 41.6 Å². The van der Waals surface area contributed by atoms with E-state index in [-0.39, 0.29) is 5.91 Å². The summed E-state index contributed by atoms with van der Waals surface area (Å²) in [5.41, 5.74) is 0.960. The predicted octanol–water partition coefficient (Wildman–Crippen LogP) is 2.94. The average Bonchev–Trinajstić information content (AvgIpc) is 2.40. The summed E-state index contributed by atoms with van der Waals surface area (Å²) < 4.78 is 5.79. The molecule has 21 heavy (non-hydrogen) atoms. The standard InChI is InChI=1S/C16H25ClN2O2/c1-11(2)9-18-10-13-8-14(17)6-7-15(13)21-12(3)16(20)19(4)5/h6-8,11-12,18H,9-10H2,1-5H3. The number of benzene rings is 1. The predicted molar refractivity (Wildman–Crippen MR) is 86.8 cm³/mol. The van der Waals surface area contributed by atoms with Crippen LogP contribution in [0.1, 0.15) is 26.3 Å². The maximum absolute atomic E-state index is 11.9. The number of likely N-dealkylation sites (N-methyl/N-ethyl adjacent to an activating group) is 1. The molecule has 5 heteroatoms. The minimum atomic E-state index is -0.523. The number of carbonyl (C=O) groups excluding carboxylic acids is 1. The molecule has 0 aliphatic heterocycles. The monoisotopic (exact) mass is 312 g/mol. The van der Waals surface area contributed by atoms with Gasteiger partial charge in [0.25, 0.3) is 5.91 Å². The van der Waals surface area contributed by atoms with Crippen molar-refractivity contribution in [3.63, 3.8) is 0 Å². The van der Waals surface area contributed by atoms with Crippen molar-refractivity contribution in [3.8, 4) is 5.75 Å². The molecule has 0 saturated heterocycles. The Morgan fingerprint density at radius 1 is 1.33 bits per heavy atom. The maximum Gasteiger partial charge on any atom is 0.262 e. The van der Waals surface area contributed by atoms with Crippen molar-refractivity contribution in [2.45, 2.75) is 33.4 Å². The number of hydrogen-bond acceptors (Lipinski definition) is 3. The van der Waals surface area contributed by atoms with E-state index in [1.807, 2.05) is 12.1 Å². The quantitative estimate of drug-likeness (QED) is 0.841. The van der Waals surface area contributed by atoms with Crippen molar-refractivity contribution < 1.29 is 9.53 Å². The largest absolute Gasteiger partial charge is 0.481 e. The van der Waals surface area contributed by atoms with Crippen molar-refractivity contribution in [2.24, 2.45) is 5.92 Å². The zero-order valence-electron chi connectivity index (χ0n) is 13.4. The maximum atomic E-state index is 11.9. The minimum absolute atomic E-state index is 0.0639. The lowest BCUT2D eigenvalue weighted by Gasteiger charge is -2.20. The molecule has 0 spiro atoms. The van der Waals surface area contributed by atoms with Gasteiger partial charge in [0, 0.05) is 31.2 Å². The van der Waals surface area contributed by atoms with Crippen LogP contribution in [0.4, 0.5) is 0 Å². The third-order valence-electron chi connectivity index (χ3n) is 2.98. The molecule has 0 aliphatic rings. The molecule has 1 amide bonds. The molecular weight excluding hydrogens is 288 g/mol. The molecule has 0 fully saturated rings. The van der Waals surface area contributed by atoms with Crippen LogP contribution in [0.5, 0.6) is 5.75 Å². The minimum Gasteiger partial charge on any atom is -0.481 e. The van der Waals surface area contributed by atoms with Crippen LogP contribution < -0.4 is 10.1 Å². The molecule has 118 valence electrons. The van der Waals surface area contributed by atoms with E-state index in [4.69, 9.17) is 16.3 Å². The number of ether oxygens (including phenoxy) is 1. The lowest BCUT2D eigenvalue weighted by atomic mass is 10.1. The molecule has 1 aromatic rings. The fourth-order valence-electron chi connectivity index (χ4n) is 1.90. The van der Waals surface area contributed by atoms with Crippen molar-refractivity contribution in [2.75, 3.05) is 20.6 Å². The summed E-state index contributed by atoms with van der Waals surface area (Å²) in [6.07, 6.45) is -0.523. The SMILES string of the molecule is CC(C)CNCc1cc(Cl)ccc1OC(C)C(=O)N(C)C. The number of rotatable bonds is 7. The van der Waals surface area contributed by atoms with Crippen LogP contribution in [0.25, 0.3) is 0 Å². The first kappa shape index (κ1) is 17.8. The number of hydrogen-bond donors (Lipinski definition) is 1. The van der Waals surface area contributed by atoms with Gasteiger partial charge in [0.05, 0.1) is 0 Å². The van der Waals surface area contributed by atoms with Crippen molar-refractivity contribution >= 4 is 17.5 Å². The van der Waals surface area contributed by atoms with Crippen LogP contribution in [-0.2, 0) is 11.3 Å². The molecule has 1 N–H and O–H groups in total. The normalized spacial score (nSPS) is 12.3. The summed E-state index contributed by atoms with van der Waals surface area (Å²) in [7, 11) is 3.43. The van der Waals surface area contributed by atoms with E-state index >= 15 is 0 Å². The molecular formula is C16H25ClN2O2. The molecule has 1 rings (SSSR count). The first-order valence-electron chi connectivity index (χ1n) is 7.18. The lowest BCUT2D eigenvalue weighted by molar-refractivity contribution is -0.135. The van der Waals surface area contributed by atoms with Gasteiger partial charge in [-0.3, -0.25) is 4.79 Å². The molecule has 1 atom stereocenters. The van der Waals surface area contributed by atoms with Gasteiger partial charge in [0.15, 0.2) is 6.10 Å². The second kappa shape index (κ2) is 8.25. The van der Waals surface area contributed by atoms with Crippen molar-refractivity contribution in [1.82, 2.24) is 10.2 Å². The highest BCUT2D eigenvalue weighted by Gasteiger charge is 2.18. The van der Waals surface area contributed by atoms with Crippen LogP contribution in [0.15, 0.2) is 18.2 Å². The lowest BCUT2D eigenvalue weighted by Crippen LogP contribution is -2.35. The number of nitrogens with one attached hydrogen (secondary N) is 1. The Labute approximate surface area is 132 Å². The van der Waals surface area contributed by atoms with Gasteiger partial charge in [-0.05, 0) is 37.6 Å². The number of nitrogens with zero attached hydrogens (tertiary/aromatic N) is 1. The molecule has 0 saturated carbocycles. The third-order valence-corrected chi connectivity index (χ3v) is 3.22. The summed E-state index contributed by atoms with van der Waals surface area (Å²) in [5.74, 6) is 1.20. The van der Waals surface area contributed by atoms with Gasteiger partial charge < -0.3 is 15.0 Å². The Bertz CT molecular complexity index is 475. The first-order chi connectivity index (χ1) is 9.81. The van der Waals surface area contributed by atoms with E-state index in [0.717, 1.165) is 12.1 Å². The molecule has 0 bridgehead atoms. The van der Waals surface area contributed by atoms with E-state index < -0.39 is 6.10 Å². The van der Waals surface area contributed by atoms with Crippen LogP contribution in [0, 0.1) is 5.92 Å². The highest BCUT2D eigenvalue weighted by Crippen LogP contribution is 2.24. The Morgan fingerprint density at radius 2 is 2.00 bits per heavy atom. The zero-order chi connectivity index (χ0) is 16.0. The number of amides is 1. The van der Waals surface area contributed by atoms with E-state index in [1.165, 1.54) is 4.90 Å². The van der Waals surface area contributed by atoms with E-state index in [2.05, 4.69) is 19.2 Å². The van der Waals surface area contributed by atoms with Gasteiger partial charge in [0.2, 0.25) is 0 Å². The second-order valence-electron chi connectivity index (χ2n) is 5.77. The smallest absolute Gasteiger partial charge is 0.262 e. The van der Waals surface area contributed by atoms with E-state index in [9.17, 15) is 4.79 Å². The summed E-state index contributed by atoms with van der Waals surface area (Å²) in [6.45, 7) is 7.64. The Morgan fingerprint density at radius 3 is 2.57 bits per heavy atom. The summed E-state index contributed by atoms with van der Waals surface area (Å²) in [6, 6.07) is 5.46. The number of carbonyl (C=O) groups is 1. The molecule has 1 unspecified atom stereocenters. The molecule has 0 aromatic heterocycles. The third kappa shape index (κ3) is 5.94. The van der Waals surface area contributed by atoms with Crippen LogP contribution in [0.3, 0.4) is 0 Å². The summed E-state index contributed by atoms with van der Waals surface area (Å²) in [4.78, 5) is 13.4. The highest BCUT2D eigenvalue weighted by molar-refractivity contribution is 6.30. The van der Waals surface area contributed by atoms with Gasteiger partial charge in [-0.1, -0.05) is 25.4 Å². The number of halogens is 1. The molecule has 0 radical (unpaired) electrons. The van der Waals surface area contributed by atoms with Gasteiger partial charge in [0.1, 0.15) is 5.75 Å². The van der Waals surface area contributed by atoms with Crippen molar-refractivity contribution in [1.29, 1.82) is 0 Å². The second-order valence-corrected chi connectivity index (χ2v) is 6.21. The Balaban J connectivity index is 2.78. The van der Waals surface area contributed by atoms with Crippen molar-refractivity contribution in [3.05, 3.63) is 28.8 Å². The molecule has 0 heterocycles. The molecule has 0 aliphatic carbocycles. The van der Waals surface area contributed by atoms with Gasteiger partial charge in [-0.15, -0.1) is 0 Å². The fourth-order valence-corrected chi connectivity index (χ4v) is 2.10. The average molecular weight is 313 g/mol. The first-order valence-corrected chi connectivity index (χ1v) is 7.56. The van der Waals surface area contributed by atoms with Gasteiger partial charge in [-0.2, -0.15) is 0 Å². The Kier molecular flexibility index (Phi) is 6.99. The molecule has 4 nitrogen and oxygen atoms in total. The summed E-state index contributed by atoms with van der Waals surface area (Å²) in [5, 5.41) is 4.02. The summed E-state index contributed by atoms with van der Waals surface area (Å²) >= 11 is 6.05. The van der Waals surface area contributed by atoms with E-state index in [0.29, 0.717) is 23.2 Å². The highest BCUT2D eigenvalue weighted by atomic mass is 35.5. The van der Waals surface area contributed by atoms with Gasteiger partial charge >= 0.3 is 0 Å². The zero-order valence-corrected chi connectivity index (χ0v) is 14.2. The fraction of sp³-hybridized carbons (Fsp3) is 0.562. The molecule has 1 aromatic carbocycles. The van der Waals surface area contributed by atoms with E-state index in [1.54, 1.807) is 27.1 Å².